The van der Waals surface area contributed by atoms with Crippen molar-refractivity contribution in [2.75, 3.05) is 12.8 Å². The number of nitrogen functional groups attached to an aromatic ring is 1. The first-order valence-electron chi connectivity index (χ1n) is 7.92. The Labute approximate surface area is 129 Å². The minimum atomic E-state index is 0.234. The molecule has 0 fully saturated rings. The molecule has 1 aliphatic rings. The van der Waals surface area contributed by atoms with E-state index >= 15 is 0 Å². The van der Waals surface area contributed by atoms with Crippen molar-refractivity contribution in [3.63, 3.8) is 0 Å². The van der Waals surface area contributed by atoms with E-state index < -0.39 is 0 Å². The van der Waals surface area contributed by atoms with Crippen molar-refractivity contribution in [2.45, 2.75) is 46.5 Å². The van der Waals surface area contributed by atoms with Gasteiger partial charge in [-0.25, -0.2) is 0 Å². The minimum absolute atomic E-state index is 0.234. The number of allylic oxidation sites excluding steroid dienone is 2. The fraction of sp³-hybridized carbons (Fsp3) is 0.526. The molecule has 2 N–H and O–H groups in total. The molecule has 1 aromatic rings. The van der Waals surface area contributed by atoms with Crippen LogP contribution < -0.4 is 5.73 Å². The Balaban J connectivity index is 2.52. The maximum Gasteiger partial charge on any atom is 0.0314 e. The first kappa shape index (κ1) is 15.8. The third-order valence-electron chi connectivity index (χ3n) is 4.84. The summed E-state index contributed by atoms with van der Waals surface area (Å²) in [6.45, 7) is 9.35. The zero-order chi connectivity index (χ0) is 15.6. The number of hydrogen-bond acceptors (Lipinski definition) is 2. The molecule has 0 bridgehead atoms. The second-order valence-electron chi connectivity index (χ2n) is 6.87. The van der Waals surface area contributed by atoms with Gasteiger partial charge in [0.1, 0.15) is 0 Å². The SMILES string of the molecule is CCC(C)C1=C(C=NC)C(c2ccc(N)cc2)CC1(C)C. The van der Waals surface area contributed by atoms with Crippen molar-refractivity contribution < 1.29 is 0 Å². The Bertz CT molecular complexity index is 549. The highest BCUT2D eigenvalue weighted by molar-refractivity contribution is 5.84. The van der Waals surface area contributed by atoms with Crippen molar-refractivity contribution >= 4 is 11.9 Å². The van der Waals surface area contributed by atoms with E-state index in [1.165, 1.54) is 17.6 Å². The van der Waals surface area contributed by atoms with Crippen LogP contribution in [0.5, 0.6) is 0 Å². The van der Waals surface area contributed by atoms with Crippen molar-refractivity contribution in [1.29, 1.82) is 0 Å². The summed E-state index contributed by atoms with van der Waals surface area (Å²) in [5.41, 5.74) is 11.2. The highest BCUT2D eigenvalue weighted by Crippen LogP contribution is 2.52. The summed E-state index contributed by atoms with van der Waals surface area (Å²) in [6, 6.07) is 8.34. The van der Waals surface area contributed by atoms with Gasteiger partial charge in [0.2, 0.25) is 0 Å². The Kier molecular flexibility index (Phi) is 4.55. The van der Waals surface area contributed by atoms with E-state index in [1.807, 2.05) is 19.2 Å². The second-order valence-corrected chi connectivity index (χ2v) is 6.87. The molecule has 0 aromatic heterocycles. The van der Waals surface area contributed by atoms with Gasteiger partial charge in [-0.3, -0.25) is 4.99 Å². The molecule has 0 saturated carbocycles. The second kappa shape index (κ2) is 6.05. The van der Waals surface area contributed by atoms with Crippen LogP contribution in [0.25, 0.3) is 0 Å². The van der Waals surface area contributed by atoms with Gasteiger partial charge in [0, 0.05) is 24.9 Å². The van der Waals surface area contributed by atoms with Crippen molar-refractivity contribution in [3.8, 4) is 0 Å². The summed E-state index contributed by atoms with van der Waals surface area (Å²) in [4.78, 5) is 4.34. The lowest BCUT2D eigenvalue weighted by Crippen LogP contribution is -2.16. The van der Waals surface area contributed by atoms with Gasteiger partial charge in [0.05, 0.1) is 0 Å². The van der Waals surface area contributed by atoms with Gasteiger partial charge in [-0.05, 0) is 47.4 Å². The van der Waals surface area contributed by atoms with E-state index in [2.05, 4.69) is 51.0 Å². The molecule has 2 nitrogen and oxygen atoms in total. The topological polar surface area (TPSA) is 38.4 Å². The zero-order valence-electron chi connectivity index (χ0n) is 14.0. The van der Waals surface area contributed by atoms with E-state index in [-0.39, 0.29) is 5.41 Å². The lowest BCUT2D eigenvalue weighted by Gasteiger charge is -2.27. The molecule has 0 radical (unpaired) electrons. The monoisotopic (exact) mass is 284 g/mol. The first-order chi connectivity index (χ1) is 9.90. The van der Waals surface area contributed by atoms with Crippen LogP contribution in [0, 0.1) is 11.3 Å². The van der Waals surface area contributed by atoms with E-state index in [0.717, 1.165) is 12.1 Å². The van der Waals surface area contributed by atoms with Crippen LogP contribution >= 0.6 is 0 Å². The summed E-state index contributed by atoms with van der Waals surface area (Å²) >= 11 is 0. The van der Waals surface area contributed by atoms with Crippen molar-refractivity contribution in [2.24, 2.45) is 16.3 Å². The lowest BCUT2D eigenvalue weighted by atomic mass is 9.77. The Morgan fingerprint density at radius 1 is 1.33 bits per heavy atom. The molecule has 21 heavy (non-hydrogen) atoms. The van der Waals surface area contributed by atoms with Crippen molar-refractivity contribution in [1.82, 2.24) is 0 Å². The largest absolute Gasteiger partial charge is 0.399 e. The summed E-state index contributed by atoms with van der Waals surface area (Å²) in [5, 5.41) is 0. The number of benzene rings is 1. The first-order valence-corrected chi connectivity index (χ1v) is 7.92. The standard InChI is InChI=1S/C19H28N2/c1-6-13(2)18-17(12-21-5)16(11-19(18,3)4)14-7-9-15(20)10-8-14/h7-10,12-13,16H,6,11,20H2,1-5H3. The van der Waals surface area contributed by atoms with Crippen LogP contribution in [0.4, 0.5) is 5.69 Å². The molecule has 0 spiro atoms. The van der Waals surface area contributed by atoms with Gasteiger partial charge < -0.3 is 5.73 Å². The number of rotatable bonds is 4. The van der Waals surface area contributed by atoms with Gasteiger partial charge in [0.25, 0.3) is 0 Å². The van der Waals surface area contributed by atoms with Crippen LogP contribution in [-0.4, -0.2) is 13.3 Å². The van der Waals surface area contributed by atoms with Gasteiger partial charge in [-0.15, -0.1) is 0 Å². The third-order valence-corrected chi connectivity index (χ3v) is 4.84. The maximum atomic E-state index is 5.83. The van der Waals surface area contributed by atoms with E-state index in [4.69, 9.17) is 5.73 Å². The molecule has 1 aliphatic carbocycles. The fourth-order valence-corrected chi connectivity index (χ4v) is 3.79. The van der Waals surface area contributed by atoms with Gasteiger partial charge in [-0.1, -0.05) is 45.4 Å². The predicted molar refractivity (Wildman–Crippen MR) is 92.9 cm³/mol. The van der Waals surface area contributed by atoms with E-state index in [0.29, 0.717) is 11.8 Å². The summed E-state index contributed by atoms with van der Waals surface area (Å²) < 4.78 is 0. The molecule has 2 atom stereocenters. The summed E-state index contributed by atoms with van der Waals surface area (Å²) in [7, 11) is 1.87. The highest BCUT2D eigenvalue weighted by atomic mass is 14.6. The zero-order valence-corrected chi connectivity index (χ0v) is 14.0. The summed E-state index contributed by atoms with van der Waals surface area (Å²) in [6.07, 6.45) is 4.41. The minimum Gasteiger partial charge on any atom is -0.399 e. The number of hydrogen-bond donors (Lipinski definition) is 1. The van der Waals surface area contributed by atoms with Crippen LogP contribution in [0.15, 0.2) is 40.4 Å². The van der Waals surface area contributed by atoms with Crippen LogP contribution in [0.1, 0.15) is 52.0 Å². The van der Waals surface area contributed by atoms with Crippen LogP contribution in [0.2, 0.25) is 0 Å². The molecule has 0 aliphatic heterocycles. The maximum absolute atomic E-state index is 5.83. The average Bonchev–Trinajstić information content (AvgIpc) is 2.70. The van der Waals surface area contributed by atoms with Crippen LogP contribution in [0.3, 0.4) is 0 Å². The molecular weight excluding hydrogens is 256 g/mol. The average molecular weight is 284 g/mol. The lowest BCUT2D eigenvalue weighted by molar-refractivity contribution is 0.382. The number of nitrogens with two attached hydrogens (primary N) is 1. The summed E-state index contributed by atoms with van der Waals surface area (Å²) in [5.74, 6) is 1.04. The molecule has 0 saturated heterocycles. The molecular formula is C19H28N2. The van der Waals surface area contributed by atoms with E-state index in [1.54, 1.807) is 5.57 Å². The predicted octanol–water partition coefficient (Wildman–Crippen LogP) is 4.83. The molecule has 0 heterocycles. The normalized spacial score (nSPS) is 23.0. The van der Waals surface area contributed by atoms with Gasteiger partial charge >= 0.3 is 0 Å². The Hall–Kier alpha value is -1.57. The molecule has 0 amide bonds. The Morgan fingerprint density at radius 2 is 1.95 bits per heavy atom. The van der Waals surface area contributed by atoms with Gasteiger partial charge in [0.15, 0.2) is 0 Å². The highest BCUT2D eigenvalue weighted by Gasteiger charge is 2.40. The number of anilines is 1. The molecule has 2 heteroatoms. The smallest absolute Gasteiger partial charge is 0.0314 e. The Morgan fingerprint density at radius 3 is 2.48 bits per heavy atom. The molecule has 1 aromatic carbocycles. The molecule has 2 rings (SSSR count). The molecule has 114 valence electrons. The quantitative estimate of drug-likeness (QED) is 0.624. The van der Waals surface area contributed by atoms with Crippen LogP contribution in [-0.2, 0) is 0 Å². The van der Waals surface area contributed by atoms with Gasteiger partial charge in [-0.2, -0.15) is 0 Å². The van der Waals surface area contributed by atoms with E-state index in [9.17, 15) is 0 Å². The third kappa shape index (κ3) is 3.04. The number of aliphatic imine (C=N–C) groups is 1. The fourth-order valence-electron chi connectivity index (χ4n) is 3.79. The number of nitrogens with zero attached hydrogens (tertiary/aromatic N) is 1. The van der Waals surface area contributed by atoms with Crippen molar-refractivity contribution in [3.05, 3.63) is 41.0 Å². The molecule has 2 unspecified atom stereocenters.